The molecule has 4 unspecified atom stereocenters. The minimum absolute atomic E-state index is 0.00769. The molecule has 2 saturated heterocycles. The first-order chi connectivity index (χ1) is 8.43. The predicted octanol–water partition coefficient (Wildman–Crippen LogP) is 0.535. The fourth-order valence-electron chi connectivity index (χ4n) is 2.93. The van der Waals surface area contributed by atoms with Crippen molar-refractivity contribution in [3.63, 3.8) is 0 Å². The lowest BCUT2D eigenvalue weighted by atomic mass is 9.93. The highest BCUT2D eigenvalue weighted by molar-refractivity contribution is 5.97. The maximum absolute atomic E-state index is 12.4. The van der Waals surface area contributed by atoms with Crippen LogP contribution in [-0.4, -0.2) is 47.6 Å². The van der Waals surface area contributed by atoms with Crippen molar-refractivity contribution >= 4 is 11.8 Å². The zero-order valence-corrected chi connectivity index (χ0v) is 11.5. The molecule has 5 heteroatoms. The van der Waals surface area contributed by atoms with Crippen molar-refractivity contribution in [1.82, 2.24) is 10.2 Å². The van der Waals surface area contributed by atoms with Crippen molar-refractivity contribution in [2.75, 3.05) is 6.61 Å². The Morgan fingerprint density at radius 1 is 1.33 bits per heavy atom. The van der Waals surface area contributed by atoms with Crippen LogP contribution in [0.3, 0.4) is 0 Å². The zero-order chi connectivity index (χ0) is 13.4. The number of ether oxygens (including phenoxy) is 1. The van der Waals surface area contributed by atoms with Gasteiger partial charge in [-0.2, -0.15) is 0 Å². The molecule has 2 fully saturated rings. The fraction of sp³-hybridized carbons (Fsp3) is 0.846. The Balaban J connectivity index is 2.30. The Bertz CT molecular complexity index is 356. The number of hydrogen-bond acceptors (Lipinski definition) is 3. The van der Waals surface area contributed by atoms with Crippen LogP contribution < -0.4 is 5.32 Å². The average Bonchev–Trinajstić information content (AvgIpc) is 2.68. The average molecular weight is 254 g/mol. The van der Waals surface area contributed by atoms with Crippen LogP contribution in [0.1, 0.15) is 34.1 Å². The Morgan fingerprint density at radius 3 is 2.50 bits per heavy atom. The number of carbonyl (C=O) groups excluding carboxylic acids is 2. The zero-order valence-electron chi connectivity index (χ0n) is 11.5. The third kappa shape index (κ3) is 2.11. The Kier molecular flexibility index (Phi) is 3.61. The normalized spacial score (nSPS) is 37.3. The van der Waals surface area contributed by atoms with Crippen LogP contribution in [0.25, 0.3) is 0 Å². The molecule has 102 valence electrons. The first-order valence-electron chi connectivity index (χ1n) is 6.67. The van der Waals surface area contributed by atoms with Gasteiger partial charge in [-0.3, -0.25) is 9.59 Å². The highest BCUT2D eigenvalue weighted by Crippen LogP contribution is 2.27. The van der Waals surface area contributed by atoms with Crippen LogP contribution in [0, 0.1) is 5.92 Å². The van der Waals surface area contributed by atoms with Gasteiger partial charge in [-0.05, 0) is 26.2 Å². The molecule has 0 spiro atoms. The van der Waals surface area contributed by atoms with Gasteiger partial charge in [-0.15, -0.1) is 0 Å². The van der Waals surface area contributed by atoms with Crippen molar-refractivity contribution in [3.8, 4) is 0 Å². The number of rotatable bonds is 2. The fourth-order valence-corrected chi connectivity index (χ4v) is 2.93. The molecule has 0 saturated carbocycles. The molecule has 4 atom stereocenters. The molecule has 2 amide bonds. The second kappa shape index (κ2) is 4.88. The lowest BCUT2D eigenvalue weighted by molar-refractivity contribution is -0.154. The quantitative estimate of drug-likeness (QED) is 0.782. The summed E-state index contributed by atoms with van der Waals surface area (Å²) in [6.07, 6.45) is 0.823. The van der Waals surface area contributed by atoms with Crippen LogP contribution in [-0.2, 0) is 14.3 Å². The van der Waals surface area contributed by atoms with Gasteiger partial charge >= 0.3 is 0 Å². The minimum Gasteiger partial charge on any atom is -0.376 e. The molecule has 0 aliphatic carbocycles. The van der Waals surface area contributed by atoms with Gasteiger partial charge in [0.2, 0.25) is 11.8 Å². The first kappa shape index (κ1) is 13.3. The molecule has 0 radical (unpaired) electrons. The molecular weight excluding hydrogens is 232 g/mol. The van der Waals surface area contributed by atoms with E-state index in [1.165, 1.54) is 0 Å². The van der Waals surface area contributed by atoms with Crippen molar-refractivity contribution < 1.29 is 14.3 Å². The number of hydrogen-bond donors (Lipinski definition) is 1. The van der Waals surface area contributed by atoms with Gasteiger partial charge in [-0.25, -0.2) is 0 Å². The molecule has 18 heavy (non-hydrogen) atoms. The Morgan fingerprint density at radius 2 is 2.00 bits per heavy atom. The van der Waals surface area contributed by atoms with E-state index in [1.54, 1.807) is 11.8 Å². The maximum atomic E-state index is 12.4. The molecule has 2 heterocycles. The highest BCUT2D eigenvalue weighted by atomic mass is 16.5. The first-order valence-corrected chi connectivity index (χ1v) is 6.67. The summed E-state index contributed by atoms with van der Waals surface area (Å²) < 4.78 is 5.54. The largest absolute Gasteiger partial charge is 0.376 e. The van der Waals surface area contributed by atoms with Gasteiger partial charge in [-0.1, -0.05) is 13.8 Å². The molecule has 0 aromatic rings. The van der Waals surface area contributed by atoms with Gasteiger partial charge in [0.05, 0.1) is 12.1 Å². The molecule has 2 aliphatic heterocycles. The summed E-state index contributed by atoms with van der Waals surface area (Å²) in [5.74, 6) is 0.0705. The van der Waals surface area contributed by atoms with Gasteiger partial charge < -0.3 is 15.0 Å². The molecule has 2 aliphatic rings. The summed E-state index contributed by atoms with van der Waals surface area (Å²) in [5.41, 5.74) is 0. The summed E-state index contributed by atoms with van der Waals surface area (Å²) in [4.78, 5) is 26.3. The third-order valence-corrected chi connectivity index (χ3v) is 3.88. The second-order valence-electron chi connectivity index (χ2n) is 5.60. The van der Waals surface area contributed by atoms with E-state index in [4.69, 9.17) is 4.74 Å². The lowest BCUT2D eigenvalue weighted by Crippen LogP contribution is -2.67. The van der Waals surface area contributed by atoms with E-state index in [0.29, 0.717) is 6.61 Å². The van der Waals surface area contributed by atoms with E-state index in [1.807, 2.05) is 20.8 Å². The monoisotopic (exact) mass is 254 g/mol. The van der Waals surface area contributed by atoms with Crippen LogP contribution in [0.2, 0.25) is 0 Å². The van der Waals surface area contributed by atoms with Crippen LogP contribution >= 0.6 is 0 Å². The number of amides is 2. The van der Waals surface area contributed by atoms with Crippen LogP contribution in [0.5, 0.6) is 0 Å². The minimum atomic E-state index is -0.430. The van der Waals surface area contributed by atoms with Crippen molar-refractivity contribution in [3.05, 3.63) is 0 Å². The standard InChI is InChI=1S/C13H22N2O3/c1-7(2)11-12(16)14-8(3)13(17)15(11)10-5-6-18-9(10)4/h7-11H,5-6H2,1-4H3,(H,14,16). The number of piperazine rings is 1. The number of carbonyl (C=O) groups is 2. The Hall–Kier alpha value is -1.10. The molecule has 1 N–H and O–H groups in total. The highest BCUT2D eigenvalue weighted by Gasteiger charge is 2.46. The number of nitrogens with one attached hydrogen (secondary N) is 1. The second-order valence-corrected chi connectivity index (χ2v) is 5.60. The summed E-state index contributed by atoms with van der Waals surface area (Å²) >= 11 is 0. The summed E-state index contributed by atoms with van der Waals surface area (Å²) in [6, 6.07) is -0.776. The van der Waals surface area contributed by atoms with Crippen molar-refractivity contribution in [2.45, 2.75) is 58.3 Å². The molecular formula is C13H22N2O3. The van der Waals surface area contributed by atoms with E-state index in [2.05, 4.69) is 5.32 Å². The van der Waals surface area contributed by atoms with Gasteiger partial charge in [0, 0.05) is 6.61 Å². The topological polar surface area (TPSA) is 58.6 Å². The molecule has 0 aromatic heterocycles. The van der Waals surface area contributed by atoms with E-state index in [-0.39, 0.29) is 35.9 Å². The van der Waals surface area contributed by atoms with E-state index in [0.717, 1.165) is 6.42 Å². The van der Waals surface area contributed by atoms with E-state index in [9.17, 15) is 9.59 Å². The molecule has 0 aromatic carbocycles. The van der Waals surface area contributed by atoms with Crippen molar-refractivity contribution in [1.29, 1.82) is 0 Å². The van der Waals surface area contributed by atoms with E-state index >= 15 is 0 Å². The van der Waals surface area contributed by atoms with Crippen molar-refractivity contribution in [2.24, 2.45) is 5.92 Å². The smallest absolute Gasteiger partial charge is 0.245 e. The van der Waals surface area contributed by atoms with Gasteiger partial charge in [0.1, 0.15) is 12.1 Å². The Labute approximate surface area is 108 Å². The lowest BCUT2D eigenvalue weighted by Gasteiger charge is -2.44. The molecule has 5 nitrogen and oxygen atoms in total. The summed E-state index contributed by atoms with van der Waals surface area (Å²) in [6.45, 7) is 8.32. The van der Waals surface area contributed by atoms with Gasteiger partial charge in [0.25, 0.3) is 0 Å². The number of nitrogens with zero attached hydrogens (tertiary/aromatic N) is 1. The predicted molar refractivity (Wildman–Crippen MR) is 66.9 cm³/mol. The SMILES string of the molecule is CC1NC(=O)C(C(C)C)N(C2CCOC2C)C1=O. The third-order valence-electron chi connectivity index (χ3n) is 3.88. The van der Waals surface area contributed by atoms with E-state index < -0.39 is 6.04 Å². The molecule has 0 bridgehead atoms. The van der Waals surface area contributed by atoms with Crippen LogP contribution in [0.15, 0.2) is 0 Å². The summed E-state index contributed by atoms with van der Waals surface area (Å²) in [7, 11) is 0. The maximum Gasteiger partial charge on any atom is 0.245 e. The van der Waals surface area contributed by atoms with Gasteiger partial charge in [0.15, 0.2) is 0 Å². The van der Waals surface area contributed by atoms with Crippen LogP contribution in [0.4, 0.5) is 0 Å². The molecule has 2 rings (SSSR count). The summed E-state index contributed by atoms with van der Waals surface area (Å²) in [5, 5.41) is 2.76.